The van der Waals surface area contributed by atoms with Crippen molar-refractivity contribution in [3.8, 4) is 0 Å². The average molecular weight is 219 g/mol. The summed E-state index contributed by atoms with van der Waals surface area (Å²) in [5, 5.41) is 3.36. The van der Waals surface area contributed by atoms with Crippen LogP contribution in [0.25, 0.3) is 5.52 Å². The average Bonchev–Trinajstić information content (AvgIpc) is 2.73. The van der Waals surface area contributed by atoms with Gasteiger partial charge < -0.3 is 9.72 Å². The Labute approximate surface area is 93.3 Å². The normalized spacial score (nSPS) is 21.4. The molecular formula is C12H14FN3. The molecule has 3 rings (SSSR count). The second-order valence-corrected chi connectivity index (χ2v) is 4.30. The molecule has 1 N–H and O–H groups in total. The molecule has 1 saturated heterocycles. The van der Waals surface area contributed by atoms with Crippen molar-refractivity contribution < 1.29 is 4.39 Å². The predicted molar refractivity (Wildman–Crippen MR) is 60.0 cm³/mol. The number of halogens is 1. The van der Waals surface area contributed by atoms with Crippen molar-refractivity contribution in [2.24, 2.45) is 0 Å². The number of imidazole rings is 1. The van der Waals surface area contributed by atoms with Crippen molar-refractivity contribution in [1.29, 1.82) is 0 Å². The van der Waals surface area contributed by atoms with Gasteiger partial charge in [0.1, 0.15) is 11.6 Å². The number of nitrogens with zero attached hydrogens (tertiary/aromatic N) is 2. The summed E-state index contributed by atoms with van der Waals surface area (Å²) in [5.41, 5.74) is 0.960. The number of hydrogen-bond acceptors (Lipinski definition) is 2. The van der Waals surface area contributed by atoms with E-state index < -0.39 is 0 Å². The molecule has 3 nitrogen and oxygen atoms in total. The smallest absolute Gasteiger partial charge is 0.139 e. The maximum atomic E-state index is 13.2. The number of rotatable bonds is 1. The third-order valence-corrected chi connectivity index (χ3v) is 3.18. The Balaban J connectivity index is 2.05. The van der Waals surface area contributed by atoms with Gasteiger partial charge >= 0.3 is 0 Å². The molecule has 0 aromatic carbocycles. The van der Waals surface area contributed by atoms with E-state index >= 15 is 0 Å². The van der Waals surface area contributed by atoms with Gasteiger partial charge in [-0.15, -0.1) is 0 Å². The third kappa shape index (κ3) is 1.59. The van der Waals surface area contributed by atoms with Gasteiger partial charge in [-0.05, 0) is 31.5 Å². The topological polar surface area (TPSA) is 29.3 Å². The molecule has 1 unspecified atom stereocenters. The zero-order chi connectivity index (χ0) is 11.0. The van der Waals surface area contributed by atoms with Gasteiger partial charge in [-0.25, -0.2) is 9.37 Å². The number of aromatic nitrogens is 2. The van der Waals surface area contributed by atoms with E-state index in [-0.39, 0.29) is 5.82 Å². The summed E-state index contributed by atoms with van der Waals surface area (Å²) in [6.45, 7) is 2.02. The molecule has 0 bridgehead atoms. The first-order chi connectivity index (χ1) is 7.84. The second-order valence-electron chi connectivity index (χ2n) is 4.30. The van der Waals surface area contributed by atoms with E-state index in [9.17, 15) is 4.39 Å². The highest BCUT2D eigenvalue weighted by molar-refractivity contribution is 5.46. The van der Waals surface area contributed by atoms with E-state index in [4.69, 9.17) is 0 Å². The first-order valence-electron chi connectivity index (χ1n) is 5.68. The lowest BCUT2D eigenvalue weighted by Crippen LogP contribution is -2.29. The Morgan fingerprint density at radius 3 is 3.19 bits per heavy atom. The van der Waals surface area contributed by atoms with Crippen molar-refractivity contribution in [1.82, 2.24) is 14.7 Å². The minimum absolute atomic E-state index is 0.212. The van der Waals surface area contributed by atoms with Crippen molar-refractivity contribution in [2.45, 2.75) is 18.8 Å². The van der Waals surface area contributed by atoms with Crippen LogP contribution < -0.4 is 5.32 Å². The molecule has 0 spiro atoms. The molecule has 1 fully saturated rings. The Hall–Kier alpha value is -1.42. The van der Waals surface area contributed by atoms with E-state index in [1.807, 2.05) is 10.6 Å². The molecule has 84 valence electrons. The van der Waals surface area contributed by atoms with Crippen molar-refractivity contribution in [2.75, 3.05) is 13.1 Å². The molecule has 2 aromatic heterocycles. The van der Waals surface area contributed by atoms with Gasteiger partial charge in [-0.3, -0.25) is 0 Å². The molecule has 1 aliphatic heterocycles. The minimum atomic E-state index is -0.212. The summed E-state index contributed by atoms with van der Waals surface area (Å²) in [6.07, 6.45) is 5.62. The lowest BCUT2D eigenvalue weighted by Gasteiger charge is -2.21. The van der Waals surface area contributed by atoms with Crippen LogP contribution in [-0.4, -0.2) is 22.5 Å². The van der Waals surface area contributed by atoms with Crippen LogP contribution in [0.5, 0.6) is 0 Å². The standard InChI is InChI=1S/C12H14FN3/c13-10-3-4-11-7-15-12(16(11)8-10)9-2-1-5-14-6-9/h3-4,7-9,14H,1-2,5-6H2. The van der Waals surface area contributed by atoms with Crippen LogP contribution in [0, 0.1) is 5.82 Å². The molecular weight excluding hydrogens is 205 g/mol. The summed E-state index contributed by atoms with van der Waals surface area (Å²) in [7, 11) is 0. The molecule has 1 atom stereocenters. The Bertz CT molecular complexity index is 500. The second kappa shape index (κ2) is 3.87. The van der Waals surface area contributed by atoms with E-state index in [0.29, 0.717) is 5.92 Å². The van der Waals surface area contributed by atoms with Crippen LogP contribution in [0.4, 0.5) is 4.39 Å². The molecule has 16 heavy (non-hydrogen) atoms. The van der Waals surface area contributed by atoms with E-state index in [0.717, 1.165) is 37.3 Å². The summed E-state index contributed by atoms with van der Waals surface area (Å²) < 4.78 is 15.1. The van der Waals surface area contributed by atoms with Gasteiger partial charge in [0.25, 0.3) is 0 Å². The first kappa shape index (κ1) is 9.78. The minimum Gasteiger partial charge on any atom is -0.316 e. The summed E-state index contributed by atoms with van der Waals surface area (Å²) in [6, 6.07) is 3.24. The highest BCUT2D eigenvalue weighted by atomic mass is 19.1. The lowest BCUT2D eigenvalue weighted by molar-refractivity contribution is 0.445. The molecule has 0 radical (unpaired) electrons. The summed E-state index contributed by atoms with van der Waals surface area (Å²) in [4.78, 5) is 4.42. The van der Waals surface area contributed by atoms with Crippen LogP contribution in [0.3, 0.4) is 0 Å². The van der Waals surface area contributed by atoms with Crippen LogP contribution >= 0.6 is 0 Å². The zero-order valence-electron chi connectivity index (χ0n) is 8.99. The van der Waals surface area contributed by atoms with Crippen LogP contribution in [0.1, 0.15) is 24.6 Å². The monoisotopic (exact) mass is 219 g/mol. The SMILES string of the molecule is Fc1ccc2cnc(C3CCCNC3)n2c1. The predicted octanol–water partition coefficient (Wildman–Crippen LogP) is 1.94. The summed E-state index contributed by atoms with van der Waals surface area (Å²) >= 11 is 0. The quantitative estimate of drug-likeness (QED) is 0.794. The first-order valence-corrected chi connectivity index (χ1v) is 5.68. The highest BCUT2D eigenvalue weighted by Crippen LogP contribution is 2.23. The number of fused-ring (bicyclic) bond motifs is 1. The molecule has 2 aromatic rings. The fraction of sp³-hybridized carbons (Fsp3) is 0.417. The number of hydrogen-bond donors (Lipinski definition) is 1. The van der Waals surface area contributed by atoms with Crippen LogP contribution in [-0.2, 0) is 0 Å². The van der Waals surface area contributed by atoms with Crippen molar-refractivity contribution in [3.05, 3.63) is 36.2 Å². The fourth-order valence-electron chi connectivity index (χ4n) is 2.36. The zero-order valence-corrected chi connectivity index (χ0v) is 8.99. The molecule has 0 amide bonds. The molecule has 4 heteroatoms. The number of pyridine rings is 1. The van der Waals surface area contributed by atoms with E-state index in [2.05, 4.69) is 10.3 Å². The van der Waals surface area contributed by atoms with Gasteiger partial charge in [0, 0.05) is 18.7 Å². The van der Waals surface area contributed by atoms with Crippen molar-refractivity contribution >= 4 is 5.52 Å². The van der Waals surface area contributed by atoms with E-state index in [1.54, 1.807) is 6.07 Å². The Morgan fingerprint density at radius 2 is 2.38 bits per heavy atom. The fourth-order valence-corrected chi connectivity index (χ4v) is 2.36. The summed E-state index contributed by atoms with van der Waals surface area (Å²) in [5.74, 6) is 1.16. The molecule has 1 aliphatic rings. The largest absolute Gasteiger partial charge is 0.316 e. The molecule has 0 saturated carbocycles. The van der Waals surface area contributed by atoms with Crippen LogP contribution in [0.2, 0.25) is 0 Å². The number of nitrogens with one attached hydrogen (secondary N) is 1. The van der Waals surface area contributed by atoms with Gasteiger partial charge in [-0.1, -0.05) is 0 Å². The van der Waals surface area contributed by atoms with Gasteiger partial charge in [-0.2, -0.15) is 0 Å². The Morgan fingerprint density at radius 1 is 1.44 bits per heavy atom. The number of piperidine rings is 1. The van der Waals surface area contributed by atoms with Crippen LogP contribution in [0.15, 0.2) is 24.5 Å². The lowest BCUT2D eigenvalue weighted by atomic mass is 9.99. The third-order valence-electron chi connectivity index (χ3n) is 3.18. The van der Waals surface area contributed by atoms with E-state index in [1.165, 1.54) is 12.3 Å². The Kier molecular flexibility index (Phi) is 2.36. The molecule has 0 aliphatic carbocycles. The van der Waals surface area contributed by atoms with Crippen molar-refractivity contribution in [3.63, 3.8) is 0 Å². The highest BCUT2D eigenvalue weighted by Gasteiger charge is 2.19. The van der Waals surface area contributed by atoms with Gasteiger partial charge in [0.15, 0.2) is 0 Å². The maximum absolute atomic E-state index is 13.2. The van der Waals surface area contributed by atoms with Gasteiger partial charge in [0.2, 0.25) is 0 Å². The maximum Gasteiger partial charge on any atom is 0.139 e. The van der Waals surface area contributed by atoms with Gasteiger partial charge in [0.05, 0.1) is 11.7 Å². The molecule has 3 heterocycles.